The highest BCUT2D eigenvalue weighted by molar-refractivity contribution is 7.98. The molecule has 10 heteroatoms. The van der Waals surface area contributed by atoms with Crippen LogP contribution in [0.5, 0.6) is 11.5 Å². The summed E-state index contributed by atoms with van der Waals surface area (Å²) in [6.45, 7) is 0.421. The molecule has 2 aromatic carbocycles. The van der Waals surface area contributed by atoms with E-state index < -0.39 is 0 Å². The molecule has 0 aliphatic carbocycles. The van der Waals surface area contributed by atoms with E-state index in [0.29, 0.717) is 56.4 Å². The minimum atomic E-state index is 0.299. The van der Waals surface area contributed by atoms with Crippen LogP contribution in [-0.4, -0.2) is 25.8 Å². The van der Waals surface area contributed by atoms with Gasteiger partial charge >= 0.3 is 0 Å². The maximum atomic E-state index is 9.97. The topological polar surface area (TPSA) is 112 Å². The zero-order chi connectivity index (χ0) is 25.8. The van der Waals surface area contributed by atoms with E-state index in [0.717, 1.165) is 11.1 Å². The molecule has 0 bridgehead atoms. The molecule has 0 spiro atoms. The summed E-state index contributed by atoms with van der Waals surface area (Å²) in [6.07, 6.45) is 5.18. The van der Waals surface area contributed by atoms with Crippen LogP contribution < -0.4 is 10.1 Å². The number of nitrogens with one attached hydrogen (secondary N) is 1. The number of pyridine rings is 1. The molecule has 3 aromatic heterocycles. The van der Waals surface area contributed by atoms with Gasteiger partial charge in [0.15, 0.2) is 11.5 Å². The smallest absolute Gasteiger partial charge is 0.177 e. The minimum absolute atomic E-state index is 0.299. The molecular weight excluding hydrogens is 506 g/mol. The number of hydrogen-bond acceptors (Lipinski definition) is 8. The molecule has 5 rings (SSSR count). The highest BCUT2D eigenvalue weighted by Gasteiger charge is 2.23. The van der Waals surface area contributed by atoms with Gasteiger partial charge in [-0.2, -0.15) is 10.5 Å². The lowest BCUT2D eigenvalue weighted by Crippen LogP contribution is -2.04. The highest BCUT2D eigenvalue weighted by Crippen LogP contribution is 2.33. The fourth-order valence-electron chi connectivity index (χ4n) is 3.78. The molecule has 0 saturated heterocycles. The molecule has 5 aromatic rings. The van der Waals surface area contributed by atoms with Crippen molar-refractivity contribution in [3.8, 4) is 34.9 Å². The molecule has 8 nitrogen and oxygen atoms in total. The molecule has 0 aliphatic rings. The third-order valence-electron chi connectivity index (χ3n) is 5.53. The van der Waals surface area contributed by atoms with Gasteiger partial charge in [-0.25, -0.2) is 9.50 Å². The van der Waals surface area contributed by atoms with E-state index in [1.807, 2.05) is 42.7 Å². The van der Waals surface area contributed by atoms with E-state index in [4.69, 9.17) is 16.3 Å². The van der Waals surface area contributed by atoms with Crippen LogP contribution in [0, 0.1) is 22.7 Å². The van der Waals surface area contributed by atoms with Crippen molar-refractivity contribution < 1.29 is 4.74 Å². The minimum Gasteiger partial charge on any atom is -0.457 e. The quantitative estimate of drug-likeness (QED) is 0.195. The van der Waals surface area contributed by atoms with Crippen molar-refractivity contribution in [2.75, 3.05) is 11.6 Å². The Balaban J connectivity index is 1.48. The maximum absolute atomic E-state index is 9.97. The number of nitriles is 2. The Morgan fingerprint density at radius 2 is 1.62 bits per heavy atom. The van der Waals surface area contributed by atoms with E-state index in [-0.39, 0.29) is 0 Å². The number of aromatic nitrogens is 4. The van der Waals surface area contributed by atoms with Crippen molar-refractivity contribution >= 4 is 34.8 Å². The van der Waals surface area contributed by atoms with Crippen LogP contribution in [0.1, 0.15) is 16.7 Å². The summed E-state index contributed by atoms with van der Waals surface area (Å²) in [4.78, 5) is 8.58. The molecule has 0 saturated carbocycles. The number of nitrogens with zero attached hydrogens (tertiary/aromatic N) is 6. The molecule has 0 amide bonds. The monoisotopic (exact) mass is 523 g/mol. The van der Waals surface area contributed by atoms with Crippen LogP contribution in [0.2, 0.25) is 5.02 Å². The molecule has 0 unspecified atom stereocenters. The Kier molecular flexibility index (Phi) is 6.91. The van der Waals surface area contributed by atoms with Gasteiger partial charge in [-0.3, -0.25) is 4.98 Å². The molecular formula is C27H18ClN7OS. The summed E-state index contributed by atoms with van der Waals surface area (Å²) in [5, 5.41) is 28.9. The Morgan fingerprint density at radius 3 is 2.27 bits per heavy atom. The first-order valence-corrected chi connectivity index (χ1v) is 12.7. The number of benzene rings is 2. The van der Waals surface area contributed by atoms with Crippen molar-refractivity contribution in [1.29, 1.82) is 10.5 Å². The van der Waals surface area contributed by atoms with Crippen LogP contribution in [0.4, 0.5) is 5.82 Å². The van der Waals surface area contributed by atoms with Crippen LogP contribution in [0.25, 0.3) is 16.9 Å². The molecule has 0 aliphatic heterocycles. The summed E-state index contributed by atoms with van der Waals surface area (Å²) in [5.74, 6) is 1.78. The summed E-state index contributed by atoms with van der Waals surface area (Å²) >= 11 is 7.43. The zero-order valence-electron chi connectivity index (χ0n) is 19.5. The van der Waals surface area contributed by atoms with E-state index >= 15 is 0 Å². The van der Waals surface area contributed by atoms with Gasteiger partial charge in [-0.15, -0.1) is 16.9 Å². The van der Waals surface area contributed by atoms with Crippen LogP contribution >= 0.6 is 23.4 Å². The van der Waals surface area contributed by atoms with E-state index in [2.05, 4.69) is 32.5 Å². The van der Waals surface area contributed by atoms with Gasteiger partial charge in [0.25, 0.3) is 0 Å². The van der Waals surface area contributed by atoms with Gasteiger partial charge in [-0.05, 0) is 48.2 Å². The lowest BCUT2D eigenvalue weighted by Gasteiger charge is -2.10. The average Bonchev–Trinajstić information content (AvgIpc) is 3.29. The molecule has 0 atom stereocenters. The molecule has 3 heterocycles. The van der Waals surface area contributed by atoms with Gasteiger partial charge in [0.2, 0.25) is 0 Å². The van der Waals surface area contributed by atoms with Gasteiger partial charge < -0.3 is 10.1 Å². The summed E-state index contributed by atoms with van der Waals surface area (Å²) < 4.78 is 7.36. The second-order valence-corrected chi connectivity index (χ2v) is 9.05. The summed E-state index contributed by atoms with van der Waals surface area (Å²) in [5.41, 5.74) is 3.32. The predicted octanol–water partition coefficient (Wildman–Crippen LogP) is 6.31. The largest absolute Gasteiger partial charge is 0.457 e. The van der Waals surface area contributed by atoms with E-state index in [1.165, 1.54) is 11.8 Å². The number of fused-ring (bicyclic) bond motifs is 1. The van der Waals surface area contributed by atoms with Gasteiger partial charge in [0.05, 0.1) is 5.69 Å². The number of anilines is 1. The molecule has 0 fully saturated rings. The average molecular weight is 524 g/mol. The first-order valence-electron chi connectivity index (χ1n) is 11.1. The first-order chi connectivity index (χ1) is 18.1. The fraction of sp³-hybridized carbons (Fsp3) is 0.0741. The third-order valence-corrected chi connectivity index (χ3v) is 6.47. The zero-order valence-corrected chi connectivity index (χ0v) is 21.1. The molecule has 1 N–H and O–H groups in total. The van der Waals surface area contributed by atoms with Crippen molar-refractivity contribution in [3.63, 3.8) is 0 Å². The Labute approximate surface area is 222 Å². The molecule has 0 radical (unpaired) electrons. The highest BCUT2D eigenvalue weighted by atomic mass is 35.5. The molecule has 37 heavy (non-hydrogen) atoms. The lowest BCUT2D eigenvalue weighted by atomic mass is 10.1. The number of rotatable bonds is 7. The van der Waals surface area contributed by atoms with Crippen LogP contribution in [0.15, 0.2) is 78.1 Å². The Bertz CT molecular complexity index is 1660. The maximum Gasteiger partial charge on any atom is 0.177 e. The van der Waals surface area contributed by atoms with E-state index in [1.54, 1.807) is 41.2 Å². The summed E-state index contributed by atoms with van der Waals surface area (Å²) in [6, 6.07) is 22.8. The number of ether oxygens (including phenoxy) is 1. The Morgan fingerprint density at radius 1 is 0.946 bits per heavy atom. The van der Waals surface area contributed by atoms with Crippen LogP contribution in [-0.2, 0) is 6.54 Å². The van der Waals surface area contributed by atoms with Crippen molar-refractivity contribution in [2.45, 2.75) is 11.6 Å². The van der Waals surface area contributed by atoms with Crippen molar-refractivity contribution in [1.82, 2.24) is 19.6 Å². The Hall–Kier alpha value is -4.57. The first kappa shape index (κ1) is 24.1. The third kappa shape index (κ3) is 4.91. The SMILES string of the molecule is CSc1nc2c(C#N)c(NCc3ccc(Oc4ccncc4)cc3)nn2c(-c2ccc(Cl)cc2)c1C#N. The summed E-state index contributed by atoms with van der Waals surface area (Å²) in [7, 11) is 0. The number of hydrogen-bond donors (Lipinski definition) is 1. The van der Waals surface area contributed by atoms with Gasteiger partial charge in [0, 0.05) is 29.5 Å². The standard InChI is InChI=1S/C27H18ClN7OS/c1-37-27-22(14-29)24(18-4-6-19(28)7-5-18)35-26(33-27)23(15-30)25(34-35)32-16-17-2-8-20(9-3-17)36-21-10-12-31-13-11-21/h2-13H,16H2,1H3,(H,32,34). The second kappa shape index (κ2) is 10.6. The predicted molar refractivity (Wildman–Crippen MR) is 143 cm³/mol. The van der Waals surface area contributed by atoms with Gasteiger partial charge in [-0.1, -0.05) is 35.9 Å². The lowest BCUT2D eigenvalue weighted by molar-refractivity contribution is 0.482. The van der Waals surface area contributed by atoms with Crippen LogP contribution in [0.3, 0.4) is 0 Å². The van der Waals surface area contributed by atoms with Crippen molar-refractivity contribution in [2.24, 2.45) is 0 Å². The second-order valence-electron chi connectivity index (χ2n) is 7.82. The molecule has 180 valence electrons. The van der Waals surface area contributed by atoms with Gasteiger partial charge in [0.1, 0.15) is 39.8 Å². The fourth-order valence-corrected chi connectivity index (χ4v) is 4.43. The van der Waals surface area contributed by atoms with E-state index in [9.17, 15) is 10.5 Å². The van der Waals surface area contributed by atoms with Crippen molar-refractivity contribution in [3.05, 3.63) is 94.8 Å². The number of thioether (sulfide) groups is 1. The normalized spacial score (nSPS) is 10.6. The number of halogens is 1.